The van der Waals surface area contributed by atoms with Crippen molar-refractivity contribution in [2.75, 3.05) is 5.73 Å². The first-order valence-electron chi connectivity index (χ1n) is 8.22. The molecule has 124 valence electrons. The van der Waals surface area contributed by atoms with E-state index >= 15 is 0 Å². The summed E-state index contributed by atoms with van der Waals surface area (Å²) >= 11 is 1.63. The SMILES string of the molecule is CC(C)c1nnc(SCc2nc(N)c3ccccc3n2)n1C1CC1. The molecule has 1 aromatic carbocycles. The highest BCUT2D eigenvalue weighted by Gasteiger charge is 2.30. The number of rotatable bonds is 5. The number of hydrogen-bond acceptors (Lipinski definition) is 6. The molecule has 4 rings (SSSR count). The maximum atomic E-state index is 6.06. The van der Waals surface area contributed by atoms with Gasteiger partial charge in [0, 0.05) is 17.3 Å². The fourth-order valence-corrected chi connectivity index (χ4v) is 3.67. The van der Waals surface area contributed by atoms with Gasteiger partial charge in [-0.1, -0.05) is 37.7 Å². The van der Waals surface area contributed by atoms with Gasteiger partial charge in [-0.3, -0.25) is 0 Å². The minimum absolute atomic E-state index is 0.375. The standard InChI is InChI=1S/C17H20N6S/c1-10(2)16-21-22-17(23(16)11-7-8-11)24-9-14-19-13-6-4-3-5-12(13)15(18)20-14/h3-6,10-11H,7-9H2,1-2H3,(H2,18,19,20). The van der Waals surface area contributed by atoms with Crippen LogP contribution in [-0.4, -0.2) is 24.7 Å². The summed E-state index contributed by atoms with van der Waals surface area (Å²) in [5.74, 6) is 3.34. The molecule has 0 unspecified atom stereocenters. The highest BCUT2D eigenvalue weighted by Crippen LogP contribution is 2.40. The third-order valence-corrected chi connectivity index (χ3v) is 5.07. The summed E-state index contributed by atoms with van der Waals surface area (Å²) < 4.78 is 2.29. The van der Waals surface area contributed by atoms with Crippen LogP contribution in [0.1, 0.15) is 50.3 Å². The van der Waals surface area contributed by atoms with E-state index in [1.807, 2.05) is 24.3 Å². The van der Waals surface area contributed by atoms with E-state index < -0.39 is 0 Å². The average Bonchev–Trinajstić information content (AvgIpc) is 3.32. The molecule has 2 aromatic heterocycles. The van der Waals surface area contributed by atoms with E-state index in [0.717, 1.165) is 27.7 Å². The van der Waals surface area contributed by atoms with Gasteiger partial charge < -0.3 is 10.3 Å². The second-order valence-electron chi connectivity index (χ2n) is 6.43. The van der Waals surface area contributed by atoms with Gasteiger partial charge in [-0.05, 0) is 25.0 Å². The predicted molar refractivity (Wildman–Crippen MR) is 95.9 cm³/mol. The zero-order valence-electron chi connectivity index (χ0n) is 13.8. The third-order valence-electron chi connectivity index (χ3n) is 4.13. The fraction of sp³-hybridized carbons (Fsp3) is 0.412. The Balaban J connectivity index is 1.59. The van der Waals surface area contributed by atoms with Crippen molar-refractivity contribution in [1.29, 1.82) is 0 Å². The van der Waals surface area contributed by atoms with Crippen molar-refractivity contribution >= 4 is 28.5 Å². The lowest BCUT2D eigenvalue weighted by Crippen LogP contribution is -2.05. The summed E-state index contributed by atoms with van der Waals surface area (Å²) in [4.78, 5) is 9.05. The number of fused-ring (bicyclic) bond motifs is 1. The molecule has 0 atom stereocenters. The second kappa shape index (κ2) is 6.05. The van der Waals surface area contributed by atoms with Crippen molar-refractivity contribution in [3.8, 4) is 0 Å². The van der Waals surface area contributed by atoms with Gasteiger partial charge in [0.05, 0.1) is 11.3 Å². The number of nitrogen functional groups attached to an aromatic ring is 1. The van der Waals surface area contributed by atoms with Crippen LogP contribution in [0.2, 0.25) is 0 Å². The van der Waals surface area contributed by atoms with Crippen LogP contribution in [0, 0.1) is 0 Å². The summed E-state index contributed by atoms with van der Waals surface area (Å²) in [6, 6.07) is 8.38. The lowest BCUT2D eigenvalue weighted by atomic mass is 10.2. The predicted octanol–water partition coefficient (Wildman–Crippen LogP) is 3.55. The van der Waals surface area contributed by atoms with E-state index in [9.17, 15) is 0 Å². The van der Waals surface area contributed by atoms with Crippen molar-refractivity contribution in [3.05, 3.63) is 35.9 Å². The Kier molecular flexibility index (Phi) is 3.88. The maximum Gasteiger partial charge on any atom is 0.191 e. The largest absolute Gasteiger partial charge is 0.383 e. The highest BCUT2D eigenvalue weighted by atomic mass is 32.2. The number of para-hydroxylation sites is 1. The molecule has 1 aliphatic carbocycles. The zero-order chi connectivity index (χ0) is 16.7. The van der Waals surface area contributed by atoms with Gasteiger partial charge in [0.15, 0.2) is 5.16 Å². The first kappa shape index (κ1) is 15.4. The molecule has 2 heterocycles. The molecule has 1 aliphatic rings. The first-order valence-corrected chi connectivity index (χ1v) is 9.20. The molecular formula is C17H20N6S. The van der Waals surface area contributed by atoms with Crippen LogP contribution in [0.5, 0.6) is 0 Å². The van der Waals surface area contributed by atoms with Crippen LogP contribution < -0.4 is 5.73 Å². The molecule has 2 N–H and O–H groups in total. The summed E-state index contributed by atoms with van der Waals surface area (Å²) in [6.45, 7) is 4.31. The Bertz CT molecular complexity index is 884. The van der Waals surface area contributed by atoms with Crippen LogP contribution in [0.3, 0.4) is 0 Å². The zero-order valence-corrected chi connectivity index (χ0v) is 14.6. The molecule has 0 saturated heterocycles. The minimum atomic E-state index is 0.375. The van der Waals surface area contributed by atoms with Gasteiger partial charge >= 0.3 is 0 Å². The molecule has 0 radical (unpaired) electrons. The number of thioether (sulfide) groups is 1. The molecule has 0 spiro atoms. The number of anilines is 1. The molecule has 7 heteroatoms. The molecule has 3 aromatic rings. The summed E-state index contributed by atoms with van der Waals surface area (Å²) in [5, 5.41) is 10.6. The average molecular weight is 340 g/mol. The van der Waals surface area contributed by atoms with Crippen LogP contribution in [0.25, 0.3) is 10.9 Å². The number of benzene rings is 1. The van der Waals surface area contributed by atoms with E-state index in [0.29, 0.717) is 23.5 Å². The van der Waals surface area contributed by atoms with E-state index in [-0.39, 0.29) is 0 Å². The van der Waals surface area contributed by atoms with E-state index in [1.54, 1.807) is 11.8 Å². The molecule has 0 bridgehead atoms. The van der Waals surface area contributed by atoms with E-state index in [1.165, 1.54) is 12.8 Å². The first-order chi connectivity index (χ1) is 11.6. The number of hydrogen-bond donors (Lipinski definition) is 1. The molecule has 24 heavy (non-hydrogen) atoms. The topological polar surface area (TPSA) is 82.5 Å². The molecule has 0 amide bonds. The summed E-state index contributed by atoms with van der Waals surface area (Å²) in [5.41, 5.74) is 6.95. The monoisotopic (exact) mass is 340 g/mol. The maximum absolute atomic E-state index is 6.06. The van der Waals surface area contributed by atoms with E-state index in [4.69, 9.17) is 5.73 Å². The van der Waals surface area contributed by atoms with Crippen molar-refractivity contribution in [2.24, 2.45) is 0 Å². The quantitative estimate of drug-likeness (QED) is 0.715. The van der Waals surface area contributed by atoms with Gasteiger partial charge in [0.1, 0.15) is 17.5 Å². The number of nitrogens with zero attached hydrogens (tertiary/aromatic N) is 5. The Morgan fingerprint density at radius 3 is 2.75 bits per heavy atom. The third kappa shape index (κ3) is 2.84. The van der Waals surface area contributed by atoms with Crippen molar-refractivity contribution in [2.45, 2.75) is 49.6 Å². The smallest absolute Gasteiger partial charge is 0.191 e. The molecule has 0 aliphatic heterocycles. The Morgan fingerprint density at radius 2 is 2.00 bits per heavy atom. The van der Waals surface area contributed by atoms with Gasteiger partial charge in [-0.15, -0.1) is 10.2 Å². The Hall–Kier alpha value is -2.15. The van der Waals surface area contributed by atoms with Crippen LogP contribution >= 0.6 is 11.8 Å². The lowest BCUT2D eigenvalue weighted by molar-refractivity contribution is 0.599. The second-order valence-corrected chi connectivity index (χ2v) is 7.37. The summed E-state index contributed by atoms with van der Waals surface area (Å²) in [6.07, 6.45) is 2.43. The van der Waals surface area contributed by atoms with Crippen LogP contribution in [0.4, 0.5) is 5.82 Å². The van der Waals surface area contributed by atoms with Crippen molar-refractivity contribution in [3.63, 3.8) is 0 Å². The molecule has 1 saturated carbocycles. The number of aromatic nitrogens is 5. The van der Waals surface area contributed by atoms with Crippen LogP contribution in [0.15, 0.2) is 29.4 Å². The normalized spacial score (nSPS) is 14.6. The van der Waals surface area contributed by atoms with Gasteiger partial charge in [-0.2, -0.15) is 0 Å². The highest BCUT2D eigenvalue weighted by molar-refractivity contribution is 7.98. The van der Waals surface area contributed by atoms with Gasteiger partial charge in [0.2, 0.25) is 0 Å². The summed E-state index contributed by atoms with van der Waals surface area (Å²) in [7, 11) is 0. The minimum Gasteiger partial charge on any atom is -0.383 e. The lowest BCUT2D eigenvalue weighted by Gasteiger charge is -2.10. The van der Waals surface area contributed by atoms with Crippen LogP contribution in [-0.2, 0) is 5.75 Å². The van der Waals surface area contributed by atoms with Crippen molar-refractivity contribution < 1.29 is 0 Å². The molecule has 1 fully saturated rings. The molecule has 6 nitrogen and oxygen atoms in total. The Morgan fingerprint density at radius 1 is 1.21 bits per heavy atom. The number of nitrogens with two attached hydrogens (primary N) is 1. The van der Waals surface area contributed by atoms with Gasteiger partial charge in [0.25, 0.3) is 0 Å². The van der Waals surface area contributed by atoms with E-state index in [2.05, 4.69) is 38.6 Å². The van der Waals surface area contributed by atoms with Gasteiger partial charge in [-0.25, -0.2) is 9.97 Å². The Labute approximate surface area is 144 Å². The van der Waals surface area contributed by atoms with Crippen molar-refractivity contribution in [1.82, 2.24) is 24.7 Å². The molecular weight excluding hydrogens is 320 g/mol. The fourth-order valence-electron chi connectivity index (χ4n) is 2.80.